The number of esters is 1. The average molecular weight is 341 g/mol. The summed E-state index contributed by atoms with van der Waals surface area (Å²) in [6.07, 6.45) is 1.79. The third-order valence-corrected chi connectivity index (χ3v) is 3.52. The summed E-state index contributed by atoms with van der Waals surface area (Å²) in [5.41, 5.74) is 1.38. The second-order valence-corrected chi connectivity index (χ2v) is 5.45. The molecule has 5 nitrogen and oxygen atoms in total. The number of unbranched alkanes of at least 4 members (excludes halogenated alkanes) is 1. The fourth-order valence-corrected chi connectivity index (χ4v) is 2.25. The second-order valence-electron chi connectivity index (χ2n) is 5.45. The maximum atomic E-state index is 12.5. The maximum absolute atomic E-state index is 12.5. The van der Waals surface area contributed by atoms with Gasteiger partial charge in [0.2, 0.25) is 0 Å². The van der Waals surface area contributed by atoms with E-state index in [1.165, 1.54) is 0 Å². The van der Waals surface area contributed by atoms with E-state index in [1.807, 2.05) is 19.9 Å². The van der Waals surface area contributed by atoms with Crippen LogP contribution >= 0.6 is 0 Å². The van der Waals surface area contributed by atoms with Gasteiger partial charge in [0.25, 0.3) is 5.91 Å². The zero-order valence-corrected chi connectivity index (χ0v) is 14.6. The van der Waals surface area contributed by atoms with Crippen molar-refractivity contribution in [1.29, 1.82) is 0 Å². The highest BCUT2D eigenvalue weighted by Crippen LogP contribution is 2.20. The molecule has 0 aliphatic rings. The Morgan fingerprint density at radius 3 is 2.60 bits per heavy atom. The van der Waals surface area contributed by atoms with E-state index in [9.17, 15) is 9.59 Å². The van der Waals surface area contributed by atoms with E-state index in [2.05, 4.69) is 5.32 Å². The summed E-state index contributed by atoms with van der Waals surface area (Å²) in [5.74, 6) is -0.155. The average Bonchev–Trinajstić information content (AvgIpc) is 2.63. The molecule has 1 N–H and O–H groups in total. The van der Waals surface area contributed by atoms with Gasteiger partial charge in [0.15, 0.2) is 0 Å². The number of hydrogen-bond acceptors (Lipinski definition) is 4. The number of hydrogen-bond donors (Lipinski definition) is 1. The minimum Gasteiger partial charge on any atom is -0.493 e. The molecule has 0 aromatic heterocycles. The summed E-state index contributed by atoms with van der Waals surface area (Å²) in [6, 6.07) is 13.7. The van der Waals surface area contributed by atoms with Crippen LogP contribution in [0.4, 0.5) is 5.69 Å². The first-order chi connectivity index (χ1) is 12.2. The van der Waals surface area contributed by atoms with Gasteiger partial charge in [-0.1, -0.05) is 31.5 Å². The number of amides is 1. The van der Waals surface area contributed by atoms with Crippen LogP contribution in [0.5, 0.6) is 5.75 Å². The van der Waals surface area contributed by atoms with Gasteiger partial charge < -0.3 is 14.8 Å². The van der Waals surface area contributed by atoms with Crippen molar-refractivity contribution in [3.63, 3.8) is 0 Å². The molecular weight excluding hydrogens is 318 g/mol. The number of ether oxygens (including phenoxy) is 2. The zero-order chi connectivity index (χ0) is 18.1. The summed E-state index contributed by atoms with van der Waals surface area (Å²) >= 11 is 0. The molecule has 25 heavy (non-hydrogen) atoms. The number of carbonyl (C=O) groups is 2. The first-order valence-electron chi connectivity index (χ1n) is 8.46. The van der Waals surface area contributed by atoms with E-state index < -0.39 is 0 Å². The molecule has 0 heterocycles. The van der Waals surface area contributed by atoms with Crippen LogP contribution in [0.2, 0.25) is 0 Å². The van der Waals surface area contributed by atoms with Gasteiger partial charge >= 0.3 is 5.97 Å². The molecule has 0 saturated carbocycles. The molecule has 0 aliphatic heterocycles. The van der Waals surface area contributed by atoms with E-state index in [1.54, 1.807) is 42.5 Å². The van der Waals surface area contributed by atoms with Crippen molar-refractivity contribution >= 4 is 17.6 Å². The van der Waals surface area contributed by atoms with E-state index in [0.717, 1.165) is 12.8 Å². The molecule has 0 aliphatic carbocycles. The Kier molecular flexibility index (Phi) is 7.01. The summed E-state index contributed by atoms with van der Waals surface area (Å²) < 4.78 is 10.7. The highest BCUT2D eigenvalue weighted by molar-refractivity contribution is 6.06. The van der Waals surface area contributed by atoms with Gasteiger partial charge in [-0.25, -0.2) is 4.79 Å². The number of carbonyl (C=O) groups excluding carboxylic acids is 2. The molecule has 0 saturated heterocycles. The van der Waals surface area contributed by atoms with Crippen molar-refractivity contribution < 1.29 is 19.1 Å². The first-order valence-corrected chi connectivity index (χ1v) is 8.46. The van der Waals surface area contributed by atoms with Crippen molar-refractivity contribution in [3.05, 3.63) is 59.7 Å². The van der Waals surface area contributed by atoms with Gasteiger partial charge in [-0.15, -0.1) is 0 Å². The summed E-state index contributed by atoms with van der Waals surface area (Å²) in [6.45, 7) is 4.77. The minimum atomic E-state index is -0.390. The molecule has 0 atom stereocenters. The first kappa shape index (κ1) is 18.5. The Labute approximate surface area is 148 Å². The quantitative estimate of drug-likeness (QED) is 0.574. The fourth-order valence-electron chi connectivity index (χ4n) is 2.25. The van der Waals surface area contributed by atoms with Crippen LogP contribution < -0.4 is 10.1 Å². The largest absolute Gasteiger partial charge is 0.493 e. The fraction of sp³-hybridized carbons (Fsp3) is 0.300. The van der Waals surface area contributed by atoms with E-state index in [0.29, 0.717) is 35.8 Å². The molecule has 0 unspecified atom stereocenters. The summed E-state index contributed by atoms with van der Waals surface area (Å²) in [7, 11) is 0. The van der Waals surface area contributed by atoms with Gasteiger partial charge in [0.1, 0.15) is 5.75 Å². The van der Waals surface area contributed by atoms with Gasteiger partial charge in [-0.3, -0.25) is 4.79 Å². The van der Waals surface area contributed by atoms with Crippen LogP contribution in [0.15, 0.2) is 48.5 Å². The summed E-state index contributed by atoms with van der Waals surface area (Å²) in [5, 5.41) is 2.79. The third kappa shape index (κ3) is 5.35. The molecule has 2 aromatic carbocycles. The van der Waals surface area contributed by atoms with Gasteiger partial charge in [0.05, 0.1) is 24.3 Å². The Hall–Kier alpha value is -2.82. The molecule has 132 valence electrons. The van der Waals surface area contributed by atoms with E-state index >= 15 is 0 Å². The van der Waals surface area contributed by atoms with Crippen LogP contribution in [-0.4, -0.2) is 25.1 Å². The predicted octanol–water partition coefficient (Wildman–Crippen LogP) is 4.29. The van der Waals surface area contributed by atoms with Crippen LogP contribution in [0.25, 0.3) is 0 Å². The van der Waals surface area contributed by atoms with Crippen LogP contribution in [0, 0.1) is 0 Å². The molecule has 0 radical (unpaired) electrons. The molecular formula is C20H23NO4. The Bertz CT molecular complexity index is 727. The second kappa shape index (κ2) is 9.47. The highest BCUT2D eigenvalue weighted by atomic mass is 16.5. The molecule has 0 fully saturated rings. The van der Waals surface area contributed by atoms with Crippen molar-refractivity contribution in [1.82, 2.24) is 0 Å². The lowest BCUT2D eigenvalue weighted by Gasteiger charge is -2.11. The molecule has 2 rings (SSSR count). The zero-order valence-electron chi connectivity index (χ0n) is 14.6. The standard InChI is InChI=1S/C20H23NO4/c1-3-5-13-25-20(23)15-9-8-10-16(14-15)21-19(22)17-11-6-7-12-18(17)24-4-2/h6-12,14H,3-5,13H2,1-2H3,(H,21,22). The van der Waals surface area contributed by atoms with Crippen LogP contribution in [-0.2, 0) is 4.74 Å². The number of anilines is 1. The highest BCUT2D eigenvalue weighted by Gasteiger charge is 2.13. The van der Waals surface area contributed by atoms with Crippen LogP contribution in [0.3, 0.4) is 0 Å². The predicted molar refractivity (Wildman–Crippen MR) is 97.2 cm³/mol. The Morgan fingerprint density at radius 2 is 1.84 bits per heavy atom. The number of rotatable bonds is 8. The van der Waals surface area contributed by atoms with Gasteiger partial charge in [0, 0.05) is 5.69 Å². The van der Waals surface area contributed by atoms with Crippen molar-refractivity contribution in [2.45, 2.75) is 26.7 Å². The van der Waals surface area contributed by atoms with Crippen molar-refractivity contribution in [2.75, 3.05) is 18.5 Å². The maximum Gasteiger partial charge on any atom is 0.338 e. The van der Waals surface area contributed by atoms with E-state index in [-0.39, 0.29) is 11.9 Å². The molecule has 1 amide bonds. The lowest BCUT2D eigenvalue weighted by Crippen LogP contribution is -2.14. The molecule has 0 spiro atoms. The smallest absolute Gasteiger partial charge is 0.338 e. The van der Waals surface area contributed by atoms with Crippen molar-refractivity contribution in [2.24, 2.45) is 0 Å². The summed E-state index contributed by atoms with van der Waals surface area (Å²) in [4.78, 5) is 24.5. The Balaban J connectivity index is 2.09. The van der Waals surface area contributed by atoms with Gasteiger partial charge in [-0.05, 0) is 43.7 Å². The number of benzene rings is 2. The molecule has 2 aromatic rings. The monoisotopic (exact) mass is 341 g/mol. The minimum absolute atomic E-state index is 0.291. The van der Waals surface area contributed by atoms with Crippen molar-refractivity contribution in [3.8, 4) is 5.75 Å². The van der Waals surface area contributed by atoms with Gasteiger partial charge in [-0.2, -0.15) is 0 Å². The third-order valence-electron chi connectivity index (χ3n) is 3.52. The Morgan fingerprint density at radius 1 is 1.04 bits per heavy atom. The normalized spacial score (nSPS) is 10.2. The SMILES string of the molecule is CCCCOC(=O)c1cccc(NC(=O)c2ccccc2OCC)c1. The molecule has 0 bridgehead atoms. The topological polar surface area (TPSA) is 64.6 Å². The molecule has 5 heteroatoms. The number of para-hydroxylation sites is 1. The lowest BCUT2D eigenvalue weighted by molar-refractivity contribution is 0.0499. The number of nitrogens with one attached hydrogen (secondary N) is 1. The van der Waals surface area contributed by atoms with E-state index in [4.69, 9.17) is 9.47 Å². The lowest BCUT2D eigenvalue weighted by atomic mass is 10.1. The van der Waals surface area contributed by atoms with Crippen LogP contribution in [0.1, 0.15) is 47.4 Å².